The van der Waals surface area contributed by atoms with Crippen LogP contribution in [0.25, 0.3) is 0 Å². The molecule has 0 aromatic carbocycles. The predicted molar refractivity (Wildman–Crippen MR) is 65.8 cm³/mol. The topological polar surface area (TPSA) is 23.6 Å². The van der Waals surface area contributed by atoms with Crippen LogP contribution in [0, 0.1) is 0 Å². The fraction of sp³-hybridized carbons (Fsp3) is 0.889. The van der Waals surface area contributed by atoms with Gasteiger partial charge in [0, 0.05) is 25.9 Å². The van der Waals surface area contributed by atoms with Crippen LogP contribution in [0.5, 0.6) is 0 Å². The van der Waals surface area contributed by atoms with E-state index in [1.54, 1.807) is 0 Å². The van der Waals surface area contributed by atoms with Gasteiger partial charge in [0.2, 0.25) is 0 Å². The standard InChI is InChI=1S/C9H20N2O.2ClH/c1-10(2)7-5-9(12)6-8-11(3)4;;/h5-8H2,1-4H3;2*1H. The third-order valence-electron chi connectivity index (χ3n) is 1.68. The smallest absolute Gasteiger partial charge is 0.135 e. The van der Waals surface area contributed by atoms with Gasteiger partial charge in [0.1, 0.15) is 5.78 Å². The molecule has 0 atom stereocenters. The van der Waals surface area contributed by atoms with E-state index in [0.717, 1.165) is 13.1 Å². The van der Waals surface area contributed by atoms with Gasteiger partial charge in [0.25, 0.3) is 0 Å². The number of ketones is 1. The van der Waals surface area contributed by atoms with Crippen LogP contribution in [0.3, 0.4) is 0 Å². The highest BCUT2D eigenvalue weighted by atomic mass is 35.5. The SMILES string of the molecule is CN(C)CCC(=O)CCN(C)C.Cl.Cl. The molecule has 0 fully saturated rings. The van der Waals surface area contributed by atoms with Crippen molar-refractivity contribution in [2.75, 3.05) is 41.3 Å². The Balaban J connectivity index is -0.000000605. The van der Waals surface area contributed by atoms with Gasteiger partial charge in [-0.2, -0.15) is 0 Å². The molecular formula is C9H22Cl2N2O. The minimum Gasteiger partial charge on any atom is -0.309 e. The summed E-state index contributed by atoms with van der Waals surface area (Å²) in [7, 11) is 7.94. The molecular weight excluding hydrogens is 223 g/mol. The maximum Gasteiger partial charge on any atom is 0.135 e. The van der Waals surface area contributed by atoms with E-state index in [9.17, 15) is 4.79 Å². The van der Waals surface area contributed by atoms with Crippen LogP contribution >= 0.6 is 24.8 Å². The molecule has 0 heterocycles. The molecule has 0 spiro atoms. The van der Waals surface area contributed by atoms with Crippen LogP contribution in [-0.2, 0) is 4.79 Å². The van der Waals surface area contributed by atoms with Crippen LogP contribution in [-0.4, -0.2) is 56.9 Å². The zero-order chi connectivity index (χ0) is 9.56. The second-order valence-corrected chi connectivity index (χ2v) is 3.65. The average molecular weight is 245 g/mol. The van der Waals surface area contributed by atoms with E-state index in [4.69, 9.17) is 0 Å². The minimum absolute atomic E-state index is 0. The average Bonchev–Trinajstić information content (AvgIpc) is 1.96. The lowest BCUT2D eigenvalue weighted by atomic mass is 10.2. The largest absolute Gasteiger partial charge is 0.309 e. The second kappa shape index (κ2) is 11.2. The molecule has 0 aliphatic heterocycles. The van der Waals surface area contributed by atoms with Gasteiger partial charge in [-0.1, -0.05) is 0 Å². The number of hydrogen-bond donors (Lipinski definition) is 0. The fourth-order valence-electron chi connectivity index (χ4n) is 0.822. The van der Waals surface area contributed by atoms with E-state index in [1.165, 1.54) is 0 Å². The Bertz CT molecular complexity index is 127. The van der Waals surface area contributed by atoms with Gasteiger partial charge in [-0.3, -0.25) is 4.79 Å². The van der Waals surface area contributed by atoms with Gasteiger partial charge < -0.3 is 9.80 Å². The first-order valence-corrected chi connectivity index (χ1v) is 4.33. The van der Waals surface area contributed by atoms with Crippen molar-refractivity contribution in [2.24, 2.45) is 0 Å². The Kier molecular flexibility index (Phi) is 15.8. The van der Waals surface area contributed by atoms with Crippen molar-refractivity contribution in [1.29, 1.82) is 0 Å². The van der Waals surface area contributed by atoms with Crippen LogP contribution in [0.2, 0.25) is 0 Å². The number of carbonyl (C=O) groups is 1. The van der Waals surface area contributed by atoms with Crippen molar-refractivity contribution in [3.05, 3.63) is 0 Å². The maximum atomic E-state index is 11.2. The summed E-state index contributed by atoms with van der Waals surface area (Å²) in [6.07, 6.45) is 1.36. The van der Waals surface area contributed by atoms with Crippen molar-refractivity contribution in [3.63, 3.8) is 0 Å². The number of nitrogens with zero attached hydrogens (tertiary/aromatic N) is 2. The molecule has 0 saturated carbocycles. The Morgan fingerprint density at radius 2 is 1.14 bits per heavy atom. The highest BCUT2D eigenvalue weighted by molar-refractivity contribution is 5.85. The normalized spacial score (nSPS) is 9.57. The number of halogens is 2. The molecule has 0 saturated heterocycles. The first kappa shape index (κ1) is 19.7. The molecule has 0 aromatic heterocycles. The van der Waals surface area contributed by atoms with E-state index >= 15 is 0 Å². The predicted octanol–water partition coefficient (Wildman–Crippen LogP) is 1.30. The number of Topliss-reactive ketones (excluding diaryl/α,β-unsaturated/α-hetero) is 1. The molecule has 0 radical (unpaired) electrons. The minimum atomic E-state index is 0. The number of carbonyl (C=O) groups excluding carboxylic acids is 1. The van der Waals surface area contributed by atoms with Crippen molar-refractivity contribution in [3.8, 4) is 0 Å². The molecule has 0 unspecified atom stereocenters. The highest BCUT2D eigenvalue weighted by Gasteiger charge is 2.02. The number of hydrogen-bond acceptors (Lipinski definition) is 3. The molecule has 0 aromatic rings. The van der Waals surface area contributed by atoms with Gasteiger partial charge in [0.05, 0.1) is 0 Å². The lowest BCUT2D eigenvalue weighted by Gasteiger charge is -2.10. The molecule has 0 aliphatic carbocycles. The summed E-state index contributed by atoms with van der Waals surface area (Å²) in [5.74, 6) is 0.359. The monoisotopic (exact) mass is 244 g/mol. The quantitative estimate of drug-likeness (QED) is 0.704. The van der Waals surface area contributed by atoms with E-state index in [2.05, 4.69) is 0 Å². The van der Waals surface area contributed by atoms with E-state index in [0.29, 0.717) is 18.6 Å². The Morgan fingerprint density at radius 3 is 1.36 bits per heavy atom. The van der Waals surface area contributed by atoms with Gasteiger partial charge in [-0.05, 0) is 28.2 Å². The summed E-state index contributed by atoms with van der Waals surface area (Å²) in [6.45, 7) is 1.73. The maximum absolute atomic E-state index is 11.2. The zero-order valence-electron chi connectivity index (χ0n) is 9.45. The van der Waals surface area contributed by atoms with Gasteiger partial charge >= 0.3 is 0 Å². The van der Waals surface area contributed by atoms with E-state index in [-0.39, 0.29) is 24.8 Å². The summed E-state index contributed by atoms with van der Waals surface area (Å²) in [5.41, 5.74) is 0. The van der Waals surface area contributed by atoms with Crippen molar-refractivity contribution >= 4 is 30.6 Å². The van der Waals surface area contributed by atoms with Crippen LogP contribution in [0.1, 0.15) is 12.8 Å². The fourth-order valence-corrected chi connectivity index (χ4v) is 0.822. The lowest BCUT2D eigenvalue weighted by molar-refractivity contribution is -0.119. The molecule has 5 heteroatoms. The molecule has 0 amide bonds. The summed E-state index contributed by atoms with van der Waals surface area (Å²) in [4.78, 5) is 15.3. The highest BCUT2D eigenvalue weighted by Crippen LogP contribution is 1.92. The van der Waals surface area contributed by atoms with Gasteiger partial charge in [0.15, 0.2) is 0 Å². The second-order valence-electron chi connectivity index (χ2n) is 3.65. The van der Waals surface area contributed by atoms with Crippen LogP contribution in [0.15, 0.2) is 0 Å². The molecule has 3 nitrogen and oxygen atoms in total. The lowest BCUT2D eigenvalue weighted by Crippen LogP contribution is -2.20. The summed E-state index contributed by atoms with van der Waals surface area (Å²) >= 11 is 0. The van der Waals surface area contributed by atoms with E-state index in [1.807, 2.05) is 38.0 Å². The molecule has 0 N–H and O–H groups in total. The van der Waals surface area contributed by atoms with Crippen molar-refractivity contribution in [1.82, 2.24) is 9.80 Å². The summed E-state index contributed by atoms with van der Waals surface area (Å²) < 4.78 is 0. The number of rotatable bonds is 6. The first-order chi connectivity index (χ1) is 5.52. The molecule has 88 valence electrons. The van der Waals surface area contributed by atoms with Crippen LogP contribution < -0.4 is 0 Å². The van der Waals surface area contributed by atoms with Gasteiger partial charge in [-0.25, -0.2) is 0 Å². The zero-order valence-corrected chi connectivity index (χ0v) is 11.1. The Morgan fingerprint density at radius 1 is 0.857 bits per heavy atom. The summed E-state index contributed by atoms with van der Waals surface area (Å²) in [5, 5.41) is 0. The molecule has 14 heavy (non-hydrogen) atoms. The van der Waals surface area contributed by atoms with Crippen molar-refractivity contribution < 1.29 is 4.79 Å². The Labute approximate surface area is 99.6 Å². The first-order valence-electron chi connectivity index (χ1n) is 4.33. The Hall–Kier alpha value is 0.170. The summed E-state index contributed by atoms with van der Waals surface area (Å²) in [6, 6.07) is 0. The van der Waals surface area contributed by atoms with Crippen molar-refractivity contribution in [2.45, 2.75) is 12.8 Å². The van der Waals surface area contributed by atoms with Gasteiger partial charge in [-0.15, -0.1) is 24.8 Å². The van der Waals surface area contributed by atoms with Crippen LogP contribution in [0.4, 0.5) is 0 Å². The third kappa shape index (κ3) is 14.7. The van der Waals surface area contributed by atoms with E-state index < -0.39 is 0 Å². The molecule has 0 aliphatic rings. The molecule has 0 bridgehead atoms. The third-order valence-corrected chi connectivity index (χ3v) is 1.68. The molecule has 0 rings (SSSR count).